The van der Waals surface area contributed by atoms with Crippen molar-refractivity contribution < 1.29 is 4.79 Å². The zero-order chi connectivity index (χ0) is 13.0. The molecule has 0 atom stereocenters. The molecule has 0 spiro atoms. The van der Waals surface area contributed by atoms with Crippen LogP contribution in [0.15, 0.2) is 23.6 Å². The fourth-order valence-electron chi connectivity index (χ4n) is 1.48. The molecule has 0 aliphatic rings. The van der Waals surface area contributed by atoms with E-state index in [1.807, 2.05) is 16.8 Å². The first-order valence-electron chi connectivity index (χ1n) is 5.69. The fourth-order valence-corrected chi connectivity index (χ4v) is 2.21. The normalized spacial score (nSPS) is 10.7. The fraction of sp³-hybridized carbons (Fsp3) is 0.364. The zero-order valence-electron chi connectivity index (χ0n) is 10.1. The van der Waals surface area contributed by atoms with Crippen LogP contribution in [-0.4, -0.2) is 32.6 Å². The Hall–Kier alpha value is -1.76. The van der Waals surface area contributed by atoms with Crippen LogP contribution >= 0.6 is 11.8 Å². The van der Waals surface area contributed by atoms with Crippen molar-refractivity contribution in [2.75, 3.05) is 17.6 Å². The molecule has 0 bridgehead atoms. The lowest BCUT2D eigenvalue weighted by atomic mass is 10.5. The second-order valence-corrected chi connectivity index (χ2v) is 4.74. The van der Waals surface area contributed by atoms with E-state index in [2.05, 4.69) is 22.2 Å². The van der Waals surface area contributed by atoms with Crippen molar-refractivity contribution >= 4 is 29.1 Å². The average molecular weight is 265 g/mol. The maximum Gasteiger partial charge on any atom is 0.227 e. The number of fused-ring (bicyclic) bond motifs is 1. The van der Waals surface area contributed by atoms with Gasteiger partial charge in [-0.05, 0) is 6.42 Å². The average Bonchev–Trinajstić information content (AvgIpc) is 2.81. The second-order valence-electron chi connectivity index (χ2n) is 3.77. The number of hydrogen-bond donors (Lipinski definition) is 2. The summed E-state index contributed by atoms with van der Waals surface area (Å²) in [5.74, 6) is 0.611. The first-order chi connectivity index (χ1) is 8.70. The van der Waals surface area contributed by atoms with Crippen LogP contribution in [-0.2, 0) is 4.79 Å². The molecule has 0 fully saturated rings. The quantitative estimate of drug-likeness (QED) is 0.765. The number of carbonyl (C=O) groups is 1. The molecule has 0 saturated carbocycles. The number of nitrogens with two attached hydrogens (primary N) is 1. The predicted molar refractivity (Wildman–Crippen MR) is 71.7 cm³/mol. The zero-order valence-corrected chi connectivity index (χ0v) is 10.9. The number of thioether (sulfide) groups is 1. The highest BCUT2D eigenvalue weighted by Gasteiger charge is 2.09. The van der Waals surface area contributed by atoms with Gasteiger partial charge in [0.15, 0.2) is 5.65 Å². The number of primary amides is 1. The minimum absolute atomic E-state index is 0.201. The van der Waals surface area contributed by atoms with E-state index in [9.17, 15) is 4.79 Å². The highest BCUT2D eigenvalue weighted by Crippen LogP contribution is 2.22. The third-order valence-electron chi connectivity index (χ3n) is 2.25. The van der Waals surface area contributed by atoms with Crippen molar-refractivity contribution in [3.05, 3.63) is 18.6 Å². The molecule has 2 rings (SSSR count). The molecule has 18 heavy (non-hydrogen) atoms. The molecular formula is C11H15N5OS. The number of amides is 1. The van der Waals surface area contributed by atoms with Gasteiger partial charge in [-0.3, -0.25) is 4.79 Å². The van der Waals surface area contributed by atoms with Crippen LogP contribution < -0.4 is 11.1 Å². The molecule has 0 radical (unpaired) electrons. The van der Waals surface area contributed by atoms with Crippen LogP contribution in [0.1, 0.15) is 13.3 Å². The summed E-state index contributed by atoms with van der Waals surface area (Å²) in [4.78, 5) is 19.5. The van der Waals surface area contributed by atoms with Crippen molar-refractivity contribution in [3.8, 4) is 0 Å². The Morgan fingerprint density at radius 2 is 2.44 bits per heavy atom. The molecule has 0 saturated heterocycles. The van der Waals surface area contributed by atoms with Crippen LogP contribution in [0.25, 0.3) is 5.65 Å². The van der Waals surface area contributed by atoms with Gasteiger partial charge in [0.25, 0.3) is 0 Å². The minimum Gasteiger partial charge on any atom is -0.369 e. The molecule has 2 heterocycles. The van der Waals surface area contributed by atoms with Crippen molar-refractivity contribution in [1.82, 2.24) is 14.4 Å². The summed E-state index contributed by atoms with van der Waals surface area (Å²) in [6, 6.07) is 0. The Labute approximate surface area is 109 Å². The molecule has 1 amide bonds. The van der Waals surface area contributed by atoms with Crippen LogP contribution in [0.3, 0.4) is 0 Å². The summed E-state index contributed by atoms with van der Waals surface area (Å²) >= 11 is 1.30. The lowest BCUT2D eigenvalue weighted by molar-refractivity contribution is -0.115. The summed E-state index contributed by atoms with van der Waals surface area (Å²) in [7, 11) is 0. The van der Waals surface area contributed by atoms with Crippen molar-refractivity contribution in [1.29, 1.82) is 0 Å². The molecule has 6 nitrogen and oxygen atoms in total. The van der Waals surface area contributed by atoms with Crippen LogP contribution in [0.5, 0.6) is 0 Å². The highest BCUT2D eigenvalue weighted by molar-refractivity contribution is 8.00. The molecule has 3 N–H and O–H groups in total. The Bertz CT molecular complexity index is 553. The second kappa shape index (κ2) is 5.72. The largest absolute Gasteiger partial charge is 0.369 e. The van der Waals surface area contributed by atoms with Gasteiger partial charge in [-0.25, -0.2) is 9.97 Å². The molecule has 0 unspecified atom stereocenters. The summed E-state index contributed by atoms with van der Waals surface area (Å²) in [5.41, 5.74) is 5.89. The number of aromatic nitrogens is 3. The summed E-state index contributed by atoms with van der Waals surface area (Å²) in [6.07, 6.45) is 6.46. The Balaban J connectivity index is 2.29. The standard InChI is InChI=1S/C11H15N5OS/c1-2-3-13-9-6-16-5-4-14-10(16)11(15-9)18-7-8(12)17/h4-6,13H,2-3,7H2,1H3,(H2,12,17). The Morgan fingerprint density at radius 1 is 1.61 bits per heavy atom. The number of imidazole rings is 1. The molecule has 0 aliphatic heterocycles. The number of carbonyl (C=O) groups excluding carboxylic acids is 1. The summed E-state index contributed by atoms with van der Waals surface area (Å²) < 4.78 is 1.88. The van der Waals surface area contributed by atoms with Gasteiger partial charge in [0.05, 0.1) is 11.9 Å². The molecule has 2 aromatic heterocycles. The highest BCUT2D eigenvalue weighted by atomic mass is 32.2. The summed E-state index contributed by atoms with van der Waals surface area (Å²) in [5, 5.41) is 3.92. The Morgan fingerprint density at radius 3 is 3.17 bits per heavy atom. The number of anilines is 1. The smallest absolute Gasteiger partial charge is 0.227 e. The van der Waals surface area contributed by atoms with E-state index in [0.717, 1.165) is 24.4 Å². The molecular weight excluding hydrogens is 250 g/mol. The van der Waals surface area contributed by atoms with E-state index in [-0.39, 0.29) is 11.7 Å². The van der Waals surface area contributed by atoms with Crippen molar-refractivity contribution in [2.45, 2.75) is 18.4 Å². The Kier molecular flexibility index (Phi) is 4.03. The number of nitrogens with one attached hydrogen (secondary N) is 1. The van der Waals surface area contributed by atoms with E-state index in [0.29, 0.717) is 5.03 Å². The lowest BCUT2D eigenvalue weighted by Crippen LogP contribution is -2.13. The number of nitrogens with zero attached hydrogens (tertiary/aromatic N) is 3. The van der Waals surface area contributed by atoms with Gasteiger partial charge in [-0.1, -0.05) is 18.7 Å². The predicted octanol–water partition coefficient (Wildman–Crippen LogP) is 1.13. The van der Waals surface area contributed by atoms with Gasteiger partial charge in [0.1, 0.15) is 10.8 Å². The van der Waals surface area contributed by atoms with Crippen LogP contribution in [0.4, 0.5) is 5.82 Å². The lowest BCUT2D eigenvalue weighted by Gasteiger charge is -2.07. The summed E-state index contributed by atoms with van der Waals surface area (Å²) in [6.45, 7) is 2.94. The van der Waals surface area contributed by atoms with E-state index in [4.69, 9.17) is 5.73 Å². The minimum atomic E-state index is -0.363. The van der Waals surface area contributed by atoms with Crippen LogP contribution in [0.2, 0.25) is 0 Å². The molecule has 0 aromatic carbocycles. The topological polar surface area (TPSA) is 85.3 Å². The number of hydrogen-bond acceptors (Lipinski definition) is 5. The molecule has 2 aromatic rings. The monoisotopic (exact) mass is 265 g/mol. The first kappa shape index (κ1) is 12.7. The van der Waals surface area contributed by atoms with E-state index >= 15 is 0 Å². The van der Waals surface area contributed by atoms with Crippen LogP contribution in [0, 0.1) is 0 Å². The third-order valence-corrected chi connectivity index (χ3v) is 3.23. The molecule has 7 heteroatoms. The molecule has 96 valence electrons. The van der Waals surface area contributed by atoms with Gasteiger partial charge >= 0.3 is 0 Å². The van der Waals surface area contributed by atoms with E-state index in [1.54, 1.807) is 6.20 Å². The van der Waals surface area contributed by atoms with Gasteiger partial charge in [0, 0.05) is 18.9 Å². The maximum absolute atomic E-state index is 10.8. The number of rotatable bonds is 6. The first-order valence-corrected chi connectivity index (χ1v) is 6.68. The van der Waals surface area contributed by atoms with E-state index < -0.39 is 0 Å². The third kappa shape index (κ3) is 2.92. The van der Waals surface area contributed by atoms with Crippen molar-refractivity contribution in [2.24, 2.45) is 5.73 Å². The SMILES string of the molecule is CCCNc1cn2ccnc2c(SCC(N)=O)n1. The maximum atomic E-state index is 10.8. The van der Waals surface area contributed by atoms with Gasteiger partial charge in [0.2, 0.25) is 5.91 Å². The van der Waals surface area contributed by atoms with E-state index in [1.165, 1.54) is 11.8 Å². The van der Waals surface area contributed by atoms with Gasteiger partial charge in [-0.15, -0.1) is 0 Å². The van der Waals surface area contributed by atoms with Gasteiger partial charge in [-0.2, -0.15) is 0 Å². The van der Waals surface area contributed by atoms with Gasteiger partial charge < -0.3 is 15.5 Å². The molecule has 0 aliphatic carbocycles. The van der Waals surface area contributed by atoms with Crippen molar-refractivity contribution in [3.63, 3.8) is 0 Å².